The number of benzene rings is 1. The van der Waals surface area contributed by atoms with E-state index in [1.54, 1.807) is 24.3 Å². The fourth-order valence-electron chi connectivity index (χ4n) is 3.14. The van der Waals surface area contributed by atoms with Crippen LogP contribution in [0.5, 0.6) is 11.6 Å². The van der Waals surface area contributed by atoms with E-state index in [0.29, 0.717) is 22.8 Å². The molecule has 0 spiro atoms. The molecule has 0 radical (unpaired) electrons. The highest BCUT2D eigenvalue weighted by atomic mass is 32.2. The quantitative estimate of drug-likeness (QED) is 0.640. The van der Waals surface area contributed by atoms with Gasteiger partial charge in [0.05, 0.1) is 22.6 Å². The van der Waals surface area contributed by atoms with Crippen molar-refractivity contribution in [1.82, 2.24) is 15.3 Å². The molecule has 162 valence electrons. The van der Waals surface area contributed by atoms with Crippen LogP contribution in [0, 0.1) is 5.92 Å². The van der Waals surface area contributed by atoms with Gasteiger partial charge in [-0.3, -0.25) is 4.79 Å². The van der Waals surface area contributed by atoms with Crippen molar-refractivity contribution in [2.24, 2.45) is 5.92 Å². The Bertz CT molecular complexity index is 1230. The first-order chi connectivity index (χ1) is 14.6. The maximum atomic E-state index is 12.6. The van der Waals surface area contributed by atoms with Gasteiger partial charge in [0.2, 0.25) is 5.88 Å². The monoisotopic (exact) mass is 451 g/mol. The fraction of sp³-hybridized carbons (Fsp3) is 0.250. The number of halogens is 3. The third kappa shape index (κ3) is 4.93. The van der Waals surface area contributed by atoms with Crippen molar-refractivity contribution < 1.29 is 31.1 Å². The summed E-state index contributed by atoms with van der Waals surface area (Å²) in [5.74, 6) is 0.0388. The molecule has 1 aromatic carbocycles. The number of hydrogen-bond donors (Lipinski definition) is 1. The van der Waals surface area contributed by atoms with Gasteiger partial charge in [-0.15, -0.1) is 0 Å². The van der Waals surface area contributed by atoms with Crippen molar-refractivity contribution in [3.63, 3.8) is 0 Å². The second kappa shape index (κ2) is 7.80. The summed E-state index contributed by atoms with van der Waals surface area (Å²) >= 11 is 0. The summed E-state index contributed by atoms with van der Waals surface area (Å²) in [7, 11) is -2.94. The summed E-state index contributed by atoms with van der Waals surface area (Å²) in [6.07, 6.45) is -3.78. The Labute approximate surface area is 175 Å². The highest BCUT2D eigenvalue weighted by Crippen LogP contribution is 2.30. The van der Waals surface area contributed by atoms with E-state index >= 15 is 0 Å². The van der Waals surface area contributed by atoms with Gasteiger partial charge in [-0.25, -0.2) is 18.4 Å². The molecule has 1 fully saturated rings. The Hall–Kier alpha value is -3.21. The van der Waals surface area contributed by atoms with Gasteiger partial charge < -0.3 is 10.1 Å². The van der Waals surface area contributed by atoms with E-state index < -0.39 is 27.5 Å². The number of carbonyl (C=O) groups is 1. The van der Waals surface area contributed by atoms with E-state index in [1.807, 2.05) is 0 Å². The molecule has 31 heavy (non-hydrogen) atoms. The molecule has 11 heteroatoms. The zero-order chi connectivity index (χ0) is 22.2. The number of hydrogen-bond acceptors (Lipinski definition) is 6. The van der Waals surface area contributed by atoms with Crippen LogP contribution < -0.4 is 10.1 Å². The van der Waals surface area contributed by atoms with Crippen LogP contribution in [0.4, 0.5) is 13.2 Å². The van der Waals surface area contributed by atoms with Crippen molar-refractivity contribution in [3.8, 4) is 11.6 Å². The van der Waals surface area contributed by atoms with Gasteiger partial charge in [-0.1, -0.05) is 6.07 Å². The van der Waals surface area contributed by atoms with Crippen LogP contribution in [0.2, 0.25) is 0 Å². The summed E-state index contributed by atoms with van der Waals surface area (Å²) < 4.78 is 65.7. The average Bonchev–Trinajstić information content (AvgIpc) is 2.69. The van der Waals surface area contributed by atoms with E-state index in [2.05, 4.69) is 15.3 Å². The van der Waals surface area contributed by atoms with Crippen molar-refractivity contribution in [3.05, 3.63) is 59.9 Å². The lowest BCUT2D eigenvalue weighted by molar-refractivity contribution is -0.137. The summed E-state index contributed by atoms with van der Waals surface area (Å²) in [6, 6.07) is 10.0. The highest BCUT2D eigenvalue weighted by Gasteiger charge is 2.33. The van der Waals surface area contributed by atoms with Crippen molar-refractivity contribution in [1.29, 1.82) is 0 Å². The molecule has 0 atom stereocenters. The van der Waals surface area contributed by atoms with E-state index in [9.17, 15) is 26.4 Å². The predicted octanol–water partition coefficient (Wildman–Crippen LogP) is 3.22. The Kier molecular flexibility index (Phi) is 5.29. The molecule has 1 N–H and O–H groups in total. The van der Waals surface area contributed by atoms with Crippen LogP contribution in [0.1, 0.15) is 16.1 Å². The van der Waals surface area contributed by atoms with E-state index in [0.717, 1.165) is 12.1 Å². The van der Waals surface area contributed by atoms with Gasteiger partial charge in [0.1, 0.15) is 11.4 Å². The predicted molar refractivity (Wildman–Crippen MR) is 106 cm³/mol. The van der Waals surface area contributed by atoms with Gasteiger partial charge in [0, 0.05) is 30.1 Å². The number of nitrogens with one attached hydrogen (secondary N) is 1. The van der Waals surface area contributed by atoms with Gasteiger partial charge >= 0.3 is 6.18 Å². The maximum absolute atomic E-state index is 12.6. The van der Waals surface area contributed by atoms with Gasteiger partial charge in [0.15, 0.2) is 9.84 Å². The Morgan fingerprint density at radius 2 is 1.90 bits per heavy atom. The zero-order valence-electron chi connectivity index (χ0n) is 15.9. The summed E-state index contributed by atoms with van der Waals surface area (Å²) in [5, 5.41) is 3.34. The molecule has 1 saturated heterocycles. The van der Waals surface area contributed by atoms with Gasteiger partial charge in [-0.2, -0.15) is 13.2 Å². The van der Waals surface area contributed by atoms with Crippen LogP contribution in [0.25, 0.3) is 10.9 Å². The number of ether oxygens (including phenoxy) is 1. The molecule has 3 aromatic rings. The normalized spacial score (nSPS) is 16.0. The molecule has 0 saturated carbocycles. The minimum absolute atomic E-state index is 0.00863. The lowest BCUT2D eigenvalue weighted by Gasteiger charge is -2.25. The second-order valence-electron chi connectivity index (χ2n) is 7.19. The molecule has 3 heterocycles. The third-order valence-electron chi connectivity index (χ3n) is 4.71. The van der Waals surface area contributed by atoms with Gasteiger partial charge in [0.25, 0.3) is 5.91 Å². The largest absolute Gasteiger partial charge is 0.439 e. The topological polar surface area (TPSA) is 98.2 Å². The zero-order valence-corrected chi connectivity index (χ0v) is 16.7. The lowest BCUT2D eigenvalue weighted by atomic mass is 10.1. The first-order valence-corrected chi connectivity index (χ1v) is 11.0. The Morgan fingerprint density at radius 1 is 1.13 bits per heavy atom. The van der Waals surface area contributed by atoms with Crippen molar-refractivity contribution in [2.75, 3.05) is 18.1 Å². The first-order valence-electron chi connectivity index (χ1n) is 9.20. The molecule has 2 aromatic heterocycles. The van der Waals surface area contributed by atoms with E-state index in [4.69, 9.17) is 4.74 Å². The number of sulfone groups is 1. The number of aromatic nitrogens is 2. The van der Waals surface area contributed by atoms with Crippen LogP contribution >= 0.6 is 0 Å². The molecule has 1 amide bonds. The molecule has 0 bridgehead atoms. The number of alkyl halides is 3. The molecule has 7 nitrogen and oxygen atoms in total. The van der Waals surface area contributed by atoms with Crippen molar-refractivity contribution in [2.45, 2.75) is 6.18 Å². The molecule has 1 aliphatic heterocycles. The minimum Gasteiger partial charge on any atom is -0.439 e. The highest BCUT2D eigenvalue weighted by molar-refractivity contribution is 7.92. The molecule has 1 aliphatic rings. The fourth-order valence-corrected chi connectivity index (χ4v) is 4.71. The number of amides is 1. The number of fused-ring (bicyclic) bond motifs is 1. The number of pyridine rings is 2. The van der Waals surface area contributed by atoms with Crippen LogP contribution in [-0.2, 0) is 16.0 Å². The number of carbonyl (C=O) groups excluding carboxylic acids is 1. The SMILES string of the molecule is O=C(NCC1CS(=O)(=O)C1)c1ccc2cc(Oc3ccc(C(F)(F)F)cn3)ccc2n1. The van der Waals surface area contributed by atoms with Crippen LogP contribution in [-0.4, -0.2) is 42.3 Å². The molecule has 4 rings (SSSR count). The maximum Gasteiger partial charge on any atom is 0.417 e. The Balaban J connectivity index is 1.42. The van der Waals surface area contributed by atoms with E-state index in [1.165, 1.54) is 6.07 Å². The molecule has 0 aliphatic carbocycles. The summed E-state index contributed by atoms with van der Waals surface area (Å²) in [4.78, 5) is 20.2. The smallest absolute Gasteiger partial charge is 0.417 e. The van der Waals surface area contributed by atoms with E-state index in [-0.39, 0.29) is 35.5 Å². The first kappa shape index (κ1) is 21.0. The van der Waals surface area contributed by atoms with Crippen LogP contribution in [0.15, 0.2) is 48.7 Å². The second-order valence-corrected chi connectivity index (χ2v) is 9.34. The van der Waals surface area contributed by atoms with Crippen molar-refractivity contribution >= 4 is 26.6 Å². The summed E-state index contributed by atoms with van der Waals surface area (Å²) in [5.41, 5.74) is -0.161. The Morgan fingerprint density at radius 3 is 2.55 bits per heavy atom. The van der Waals surface area contributed by atoms with Gasteiger partial charge in [-0.05, 0) is 30.3 Å². The molecular formula is C20H16F3N3O4S. The summed E-state index contributed by atoms with van der Waals surface area (Å²) in [6.45, 7) is 0.269. The minimum atomic E-state index is -4.47. The number of rotatable bonds is 5. The van der Waals surface area contributed by atoms with Crippen LogP contribution in [0.3, 0.4) is 0 Å². The lowest BCUT2D eigenvalue weighted by Crippen LogP contribution is -2.44. The molecule has 0 unspecified atom stereocenters. The average molecular weight is 451 g/mol. The standard InChI is InChI=1S/C20H16F3N3O4S/c21-20(22,23)14-2-6-18(24-9-14)30-15-3-5-16-13(7-15)1-4-17(26-16)19(27)25-8-12-10-31(28,29)11-12/h1-7,9,12H,8,10-11H2,(H,25,27). The third-order valence-corrected chi connectivity index (χ3v) is 6.67. The molecular weight excluding hydrogens is 435 g/mol. The number of nitrogens with zero attached hydrogens (tertiary/aromatic N) is 2.